The smallest absolute Gasteiger partial charge is 0.240 e. The molecule has 7 heteroatoms. The molecule has 0 amide bonds. The minimum atomic E-state index is -0.0611. The molecule has 106 valence electrons. The fourth-order valence-electron chi connectivity index (χ4n) is 2.07. The second kappa shape index (κ2) is 6.03. The number of hydrogen-bond acceptors (Lipinski definition) is 7. The van der Waals surface area contributed by atoms with Crippen LogP contribution in [0.4, 0.5) is 11.8 Å². The molecule has 2 aromatic heterocycles. The summed E-state index contributed by atoms with van der Waals surface area (Å²) in [5, 5.41) is 10.0. The van der Waals surface area contributed by atoms with Gasteiger partial charge in [0.1, 0.15) is 10.6 Å². The Hall–Kier alpha value is -1.91. The third-order valence-electron chi connectivity index (χ3n) is 3.02. The van der Waals surface area contributed by atoms with E-state index in [0.717, 1.165) is 22.6 Å². The number of aryl methyl sites for hydroxylation is 1. The number of anilines is 2. The Morgan fingerprint density at radius 3 is 2.90 bits per heavy atom. The van der Waals surface area contributed by atoms with Crippen molar-refractivity contribution in [1.82, 2.24) is 9.97 Å². The molecule has 0 radical (unpaired) electrons. The molecule has 0 aliphatic heterocycles. The zero-order chi connectivity index (χ0) is 14.7. The van der Waals surface area contributed by atoms with Gasteiger partial charge in [0.2, 0.25) is 5.95 Å². The van der Waals surface area contributed by atoms with Crippen LogP contribution in [-0.4, -0.2) is 23.1 Å². The third-order valence-corrected chi connectivity index (χ3v) is 3.97. The van der Waals surface area contributed by atoms with Crippen molar-refractivity contribution in [1.29, 1.82) is 5.26 Å². The Kier molecular flexibility index (Phi) is 4.37. The first kappa shape index (κ1) is 14.5. The van der Waals surface area contributed by atoms with Crippen molar-refractivity contribution in [3.8, 4) is 6.07 Å². The first-order chi connectivity index (χ1) is 9.58. The van der Waals surface area contributed by atoms with Gasteiger partial charge in [-0.3, -0.25) is 5.43 Å². The average Bonchev–Trinajstić information content (AvgIpc) is 2.83. The number of nitrogen functional groups attached to an aromatic ring is 1. The van der Waals surface area contributed by atoms with Gasteiger partial charge in [0.15, 0.2) is 0 Å². The number of nitrogens with zero attached hydrogens (tertiary/aromatic N) is 4. The van der Waals surface area contributed by atoms with Gasteiger partial charge in [-0.1, -0.05) is 0 Å². The van der Waals surface area contributed by atoms with Crippen molar-refractivity contribution in [2.45, 2.75) is 20.8 Å². The van der Waals surface area contributed by atoms with Gasteiger partial charge in [-0.05, 0) is 26.8 Å². The molecule has 0 saturated heterocycles. The first-order valence-electron chi connectivity index (χ1n) is 6.48. The SMILES string of the molecule is CCN(CC(C)C#N)c1nc(NN)nc2sc(C)cc12. The molecule has 2 aromatic rings. The van der Waals surface area contributed by atoms with Crippen LogP contribution in [-0.2, 0) is 0 Å². The molecule has 0 fully saturated rings. The molecule has 6 nitrogen and oxygen atoms in total. The van der Waals surface area contributed by atoms with Crippen molar-refractivity contribution in [2.24, 2.45) is 11.8 Å². The Morgan fingerprint density at radius 2 is 2.30 bits per heavy atom. The van der Waals surface area contributed by atoms with Crippen LogP contribution in [0.1, 0.15) is 18.7 Å². The molecule has 1 atom stereocenters. The monoisotopic (exact) mass is 290 g/mol. The summed E-state index contributed by atoms with van der Waals surface area (Å²) < 4.78 is 0. The zero-order valence-corrected chi connectivity index (χ0v) is 12.7. The number of nitrogens with two attached hydrogens (primary N) is 1. The van der Waals surface area contributed by atoms with Crippen molar-refractivity contribution in [2.75, 3.05) is 23.4 Å². The number of thiophene rings is 1. The van der Waals surface area contributed by atoms with Crippen molar-refractivity contribution in [3.63, 3.8) is 0 Å². The number of fused-ring (bicyclic) bond motifs is 1. The van der Waals surface area contributed by atoms with E-state index in [-0.39, 0.29) is 5.92 Å². The standard InChI is InChI=1S/C13H18N6S/c1-4-19(7-8(2)6-14)11-10-5-9(3)20-12(10)17-13(16-11)18-15/h5,8H,4,7,15H2,1-3H3,(H,16,17,18). The van der Waals surface area contributed by atoms with Crippen molar-refractivity contribution >= 4 is 33.3 Å². The molecular formula is C13H18N6S. The molecule has 0 bridgehead atoms. The Bertz CT molecular complexity index is 644. The minimum absolute atomic E-state index is 0.0611. The maximum atomic E-state index is 9.00. The van der Waals surface area contributed by atoms with Crippen LogP contribution in [0, 0.1) is 24.2 Å². The van der Waals surface area contributed by atoms with Crippen LogP contribution in [0.5, 0.6) is 0 Å². The average molecular weight is 290 g/mol. The van der Waals surface area contributed by atoms with Crippen LogP contribution >= 0.6 is 11.3 Å². The zero-order valence-electron chi connectivity index (χ0n) is 11.8. The summed E-state index contributed by atoms with van der Waals surface area (Å²) in [5.41, 5.74) is 2.51. The highest BCUT2D eigenvalue weighted by atomic mass is 32.1. The van der Waals surface area contributed by atoms with Gasteiger partial charge < -0.3 is 4.90 Å². The first-order valence-corrected chi connectivity index (χ1v) is 7.30. The van der Waals surface area contributed by atoms with E-state index >= 15 is 0 Å². The van der Waals surface area contributed by atoms with Crippen LogP contribution < -0.4 is 16.2 Å². The molecule has 2 rings (SSSR count). The molecule has 0 saturated carbocycles. The van der Waals surface area contributed by atoms with Gasteiger partial charge >= 0.3 is 0 Å². The van der Waals surface area contributed by atoms with Gasteiger partial charge in [0.25, 0.3) is 0 Å². The predicted octanol–water partition coefficient (Wildman–Crippen LogP) is 2.27. The number of nitriles is 1. The fourth-order valence-corrected chi connectivity index (χ4v) is 2.94. The molecule has 2 heterocycles. The Morgan fingerprint density at radius 1 is 1.55 bits per heavy atom. The highest BCUT2D eigenvalue weighted by Gasteiger charge is 2.17. The Labute approximate surface area is 122 Å². The van der Waals surface area contributed by atoms with Gasteiger partial charge in [-0.15, -0.1) is 11.3 Å². The third kappa shape index (κ3) is 2.81. The summed E-state index contributed by atoms with van der Waals surface area (Å²) in [4.78, 5) is 13.0. The molecule has 0 aliphatic rings. The highest BCUT2D eigenvalue weighted by Crippen LogP contribution is 2.31. The van der Waals surface area contributed by atoms with Crippen molar-refractivity contribution in [3.05, 3.63) is 10.9 Å². The number of aromatic nitrogens is 2. The highest BCUT2D eigenvalue weighted by molar-refractivity contribution is 7.18. The summed E-state index contributed by atoms with van der Waals surface area (Å²) >= 11 is 1.61. The molecule has 20 heavy (non-hydrogen) atoms. The number of hydrogen-bond donors (Lipinski definition) is 2. The Balaban J connectivity index is 2.52. The van der Waals surface area contributed by atoms with Crippen LogP contribution in [0.25, 0.3) is 10.2 Å². The largest absolute Gasteiger partial charge is 0.355 e. The maximum Gasteiger partial charge on any atom is 0.240 e. The lowest BCUT2D eigenvalue weighted by Gasteiger charge is -2.24. The van der Waals surface area contributed by atoms with Gasteiger partial charge in [-0.25, -0.2) is 10.8 Å². The molecule has 0 aromatic carbocycles. The lowest BCUT2D eigenvalue weighted by Crippen LogP contribution is -2.29. The maximum absolute atomic E-state index is 9.00. The molecule has 0 spiro atoms. The number of nitrogens with one attached hydrogen (secondary N) is 1. The van der Waals surface area contributed by atoms with Crippen LogP contribution in [0.3, 0.4) is 0 Å². The fraction of sp³-hybridized carbons (Fsp3) is 0.462. The summed E-state index contributed by atoms with van der Waals surface area (Å²) in [6.45, 7) is 7.41. The lowest BCUT2D eigenvalue weighted by atomic mass is 10.2. The van der Waals surface area contributed by atoms with E-state index in [4.69, 9.17) is 11.1 Å². The van der Waals surface area contributed by atoms with E-state index in [1.165, 1.54) is 4.88 Å². The van der Waals surface area contributed by atoms with Crippen LogP contribution in [0.2, 0.25) is 0 Å². The van der Waals surface area contributed by atoms with Gasteiger partial charge in [-0.2, -0.15) is 10.2 Å². The topological polar surface area (TPSA) is 90.9 Å². The second-order valence-electron chi connectivity index (χ2n) is 4.66. The number of hydrazine groups is 1. The van der Waals surface area contributed by atoms with Crippen LogP contribution in [0.15, 0.2) is 6.07 Å². The van der Waals surface area contributed by atoms with Gasteiger partial charge in [0, 0.05) is 18.0 Å². The van der Waals surface area contributed by atoms with E-state index in [1.807, 2.05) is 20.8 Å². The van der Waals surface area contributed by atoms with Crippen molar-refractivity contribution < 1.29 is 0 Å². The molecule has 1 unspecified atom stereocenters. The summed E-state index contributed by atoms with van der Waals surface area (Å²) in [7, 11) is 0. The van der Waals surface area contributed by atoms with E-state index in [2.05, 4.69) is 32.4 Å². The lowest BCUT2D eigenvalue weighted by molar-refractivity contribution is 0.681. The molecule has 3 N–H and O–H groups in total. The summed E-state index contributed by atoms with van der Waals surface area (Å²) in [6.07, 6.45) is 0. The second-order valence-corrected chi connectivity index (χ2v) is 5.89. The number of rotatable bonds is 5. The normalized spacial score (nSPS) is 12.2. The van der Waals surface area contributed by atoms with E-state index in [9.17, 15) is 0 Å². The summed E-state index contributed by atoms with van der Waals surface area (Å²) in [6, 6.07) is 4.34. The summed E-state index contributed by atoms with van der Waals surface area (Å²) in [5.74, 6) is 6.61. The predicted molar refractivity (Wildman–Crippen MR) is 82.6 cm³/mol. The van der Waals surface area contributed by atoms with E-state index in [1.54, 1.807) is 11.3 Å². The van der Waals surface area contributed by atoms with E-state index in [0.29, 0.717) is 12.5 Å². The molecular weight excluding hydrogens is 272 g/mol. The van der Waals surface area contributed by atoms with Gasteiger partial charge in [0.05, 0.1) is 17.4 Å². The van der Waals surface area contributed by atoms with E-state index < -0.39 is 0 Å². The quantitative estimate of drug-likeness (QED) is 0.648. The molecule has 0 aliphatic carbocycles. The minimum Gasteiger partial charge on any atom is -0.355 e.